The van der Waals surface area contributed by atoms with E-state index in [1.54, 1.807) is 21.0 Å². The van der Waals surface area contributed by atoms with Gasteiger partial charge < -0.3 is 24.8 Å². The summed E-state index contributed by atoms with van der Waals surface area (Å²) in [5.41, 5.74) is 0.168. The molecule has 1 saturated heterocycles. The molecule has 3 aliphatic carbocycles. The van der Waals surface area contributed by atoms with Gasteiger partial charge in [0.2, 0.25) is 21.8 Å². The first-order valence-corrected chi connectivity index (χ1v) is 22.6. The molecule has 3 N–H and O–H groups in total. The number of nitrogens with one attached hydrogen (secondary N) is 2. The molecule has 4 amide bonds. The van der Waals surface area contributed by atoms with E-state index in [1.807, 2.05) is 44.2 Å². The van der Waals surface area contributed by atoms with Crippen molar-refractivity contribution < 1.29 is 42.2 Å². The summed E-state index contributed by atoms with van der Waals surface area (Å²) in [6.45, 7) is 7.27. The fourth-order valence-electron chi connectivity index (χ4n) is 9.31. The zero-order chi connectivity index (χ0) is 41.4. The number of rotatable bonds is 8. The van der Waals surface area contributed by atoms with Gasteiger partial charge in [-0.05, 0) is 102 Å². The van der Waals surface area contributed by atoms with Gasteiger partial charge in [-0.1, -0.05) is 38.8 Å². The number of carboxylic acid groups (broad SMARTS) is 1. The lowest BCUT2D eigenvalue weighted by Crippen LogP contribution is -2.60. The third kappa shape index (κ3) is 7.19. The van der Waals surface area contributed by atoms with Crippen molar-refractivity contribution in [1.82, 2.24) is 24.8 Å². The summed E-state index contributed by atoms with van der Waals surface area (Å²) in [5, 5.41) is 14.5. The van der Waals surface area contributed by atoms with Crippen molar-refractivity contribution in [3.8, 4) is 11.5 Å². The number of carbonyl (C=O) groups excluding carboxylic acids is 3. The maximum atomic E-state index is 15.2. The van der Waals surface area contributed by atoms with E-state index in [0.29, 0.717) is 50.0 Å². The Morgan fingerprint density at radius 3 is 2.52 bits per heavy atom. The molecule has 0 radical (unpaired) electrons. The van der Waals surface area contributed by atoms with Gasteiger partial charge >= 0.3 is 6.09 Å². The molecule has 0 bridgehead atoms. The quantitative estimate of drug-likeness (QED) is 0.285. The molecule has 4 fully saturated rings. The predicted molar refractivity (Wildman–Crippen MR) is 216 cm³/mol. The first-order valence-electron chi connectivity index (χ1n) is 21.1. The van der Waals surface area contributed by atoms with Gasteiger partial charge in [-0.25, -0.2) is 18.2 Å². The van der Waals surface area contributed by atoms with Crippen LogP contribution in [0.5, 0.6) is 11.5 Å². The van der Waals surface area contributed by atoms with Gasteiger partial charge in [-0.15, -0.1) is 0 Å². The Morgan fingerprint density at radius 1 is 1.09 bits per heavy atom. The molecular formula is C43H57N5O9S. The fourth-order valence-corrected chi connectivity index (χ4v) is 10.6. The summed E-state index contributed by atoms with van der Waals surface area (Å²) in [6, 6.07) is 3.12. The number of amides is 4. The van der Waals surface area contributed by atoms with E-state index >= 15 is 4.79 Å². The number of nitrogens with zero attached hydrogens (tertiary/aromatic N) is 3. The summed E-state index contributed by atoms with van der Waals surface area (Å²) in [7, 11) is -2.39. The average Bonchev–Trinajstić information content (AvgIpc) is 4.12. The van der Waals surface area contributed by atoms with E-state index in [4.69, 9.17) is 14.5 Å². The lowest BCUT2D eigenvalue weighted by molar-refractivity contribution is -0.144. The molecule has 1 aromatic heterocycles. The Labute approximate surface area is 340 Å². The minimum absolute atomic E-state index is 0.0267. The Kier molecular flexibility index (Phi) is 10.2. The molecule has 314 valence electrons. The van der Waals surface area contributed by atoms with E-state index in [1.165, 1.54) is 9.80 Å². The summed E-state index contributed by atoms with van der Waals surface area (Å²) in [6.07, 6.45) is 9.89. The highest BCUT2D eigenvalue weighted by atomic mass is 32.2. The molecule has 0 unspecified atom stereocenters. The molecular weight excluding hydrogens is 763 g/mol. The van der Waals surface area contributed by atoms with Crippen LogP contribution in [0.1, 0.15) is 122 Å². The normalized spacial score (nSPS) is 30.4. The van der Waals surface area contributed by atoms with Crippen LogP contribution in [0.25, 0.3) is 10.9 Å². The van der Waals surface area contributed by atoms with Crippen LogP contribution < -0.4 is 19.5 Å². The smallest absolute Gasteiger partial charge is 0.408 e. The van der Waals surface area contributed by atoms with E-state index in [-0.39, 0.29) is 37.6 Å². The number of benzene rings is 1. The van der Waals surface area contributed by atoms with Crippen molar-refractivity contribution in [2.75, 3.05) is 13.7 Å². The molecule has 58 heavy (non-hydrogen) atoms. The SMILES string of the molecule is COc1ccc2nc(C3CC3)c3c(c2c1)CC[C@]1(C[C@H]2C(=O)N[C@]4(C(=O)NS(=O)(=O)C5(C)CC5)C[C@H]4/C=C\CCCCC[C@H](N(C(=O)O)[C@@H](C)C(C)C)C(=O)N2C1)O3. The standard InChI is InChI=1S/C43H57N5O9S/c1-25(2)26(3)48(40(52)53)33-12-10-8-6-7-9-11-28-22-43(28,39(51)46-58(54,55)41(4)19-20-41)45-37(49)34-23-42(24-47(34)38(33)50)18-17-30-31-21-29(56-5)15-16-32(31)44-35(27-13-14-27)36(30)57-42/h9,11,15-16,21,25-28,33-34H,6-8,10,12-14,17-20,22-24H2,1-5H3,(H,45,49)(H,46,51)(H,52,53)/b11-9-/t26-,28+,33-,34-,42+,43+/m0/s1. The Hall–Kier alpha value is -4.40. The molecule has 15 heteroatoms. The number of hydrogen-bond acceptors (Lipinski definition) is 9. The van der Waals surface area contributed by atoms with Crippen molar-refractivity contribution in [2.24, 2.45) is 11.8 Å². The summed E-state index contributed by atoms with van der Waals surface area (Å²) >= 11 is 0. The number of aryl methyl sites for hydroxylation is 1. The summed E-state index contributed by atoms with van der Waals surface area (Å²) < 4.78 is 40.5. The van der Waals surface area contributed by atoms with Crippen LogP contribution in [0.3, 0.4) is 0 Å². The van der Waals surface area contributed by atoms with E-state index in [9.17, 15) is 27.9 Å². The molecule has 8 rings (SSSR count). The van der Waals surface area contributed by atoms with Crippen LogP contribution in [0.15, 0.2) is 30.4 Å². The molecule has 2 aromatic rings. The van der Waals surface area contributed by atoms with E-state index in [0.717, 1.165) is 47.8 Å². The second-order valence-electron chi connectivity index (χ2n) is 18.3. The highest BCUT2D eigenvalue weighted by molar-refractivity contribution is 7.91. The van der Waals surface area contributed by atoms with E-state index < -0.39 is 73.8 Å². The number of ether oxygens (including phenoxy) is 2. The molecule has 1 spiro atoms. The number of hydrogen-bond donors (Lipinski definition) is 3. The number of pyridine rings is 1. The lowest BCUT2D eigenvalue weighted by Gasteiger charge is -2.39. The predicted octanol–water partition coefficient (Wildman–Crippen LogP) is 5.57. The molecule has 4 heterocycles. The van der Waals surface area contributed by atoms with Crippen molar-refractivity contribution in [2.45, 2.75) is 151 Å². The maximum Gasteiger partial charge on any atom is 0.408 e. The van der Waals surface area contributed by atoms with Crippen LogP contribution in [-0.2, 0) is 30.8 Å². The summed E-state index contributed by atoms with van der Waals surface area (Å²) in [5.74, 6) is -0.806. The fraction of sp³-hybridized carbons (Fsp3) is 0.651. The van der Waals surface area contributed by atoms with Crippen LogP contribution in [0, 0.1) is 11.8 Å². The second kappa shape index (κ2) is 14.7. The molecule has 6 atom stereocenters. The zero-order valence-corrected chi connectivity index (χ0v) is 35.0. The van der Waals surface area contributed by atoms with Gasteiger partial charge in [-0.3, -0.25) is 24.0 Å². The maximum absolute atomic E-state index is 15.2. The molecule has 3 aliphatic heterocycles. The second-order valence-corrected chi connectivity index (χ2v) is 20.5. The van der Waals surface area contributed by atoms with Gasteiger partial charge in [0.25, 0.3) is 5.91 Å². The molecule has 3 saturated carbocycles. The number of fused-ring (bicyclic) bond motifs is 5. The van der Waals surface area contributed by atoms with Gasteiger partial charge in [-0.2, -0.15) is 0 Å². The third-order valence-corrected chi connectivity index (χ3v) is 16.1. The largest absolute Gasteiger partial charge is 0.497 e. The monoisotopic (exact) mass is 819 g/mol. The average molecular weight is 820 g/mol. The van der Waals surface area contributed by atoms with Crippen molar-refractivity contribution in [1.29, 1.82) is 0 Å². The highest BCUT2D eigenvalue weighted by Crippen LogP contribution is 2.52. The molecule has 6 aliphatic rings. The molecule has 14 nitrogen and oxygen atoms in total. The van der Waals surface area contributed by atoms with Crippen molar-refractivity contribution >= 4 is 44.7 Å². The van der Waals surface area contributed by atoms with Gasteiger partial charge in [0.05, 0.1) is 29.6 Å². The highest BCUT2D eigenvalue weighted by Gasteiger charge is 2.64. The number of aromatic nitrogens is 1. The first-order chi connectivity index (χ1) is 27.5. The number of carbonyl (C=O) groups is 4. The summed E-state index contributed by atoms with van der Waals surface area (Å²) in [4.78, 5) is 65.0. The Balaban J connectivity index is 1.19. The van der Waals surface area contributed by atoms with Crippen LogP contribution in [0.4, 0.5) is 4.79 Å². The lowest BCUT2D eigenvalue weighted by atomic mass is 9.86. The Morgan fingerprint density at radius 2 is 1.84 bits per heavy atom. The minimum atomic E-state index is -4.01. The number of methoxy groups -OCH3 is 1. The van der Waals surface area contributed by atoms with Crippen molar-refractivity contribution in [3.63, 3.8) is 0 Å². The topological polar surface area (TPSA) is 185 Å². The third-order valence-electron chi connectivity index (χ3n) is 13.9. The van der Waals surface area contributed by atoms with Gasteiger partial charge in [0, 0.05) is 35.2 Å². The van der Waals surface area contributed by atoms with Gasteiger partial charge in [0.1, 0.15) is 34.7 Å². The minimum Gasteiger partial charge on any atom is -0.497 e. The number of sulfonamides is 1. The van der Waals surface area contributed by atoms with Crippen LogP contribution in [-0.4, -0.2) is 99.8 Å². The van der Waals surface area contributed by atoms with E-state index in [2.05, 4.69) is 10.0 Å². The van der Waals surface area contributed by atoms with Crippen molar-refractivity contribution in [3.05, 3.63) is 41.6 Å². The Bertz CT molecular complexity index is 2170. The first kappa shape index (κ1) is 40.4. The van der Waals surface area contributed by atoms with Gasteiger partial charge in [0.15, 0.2) is 0 Å². The number of allylic oxidation sites excluding steroid dienone is 1. The van der Waals surface area contributed by atoms with Crippen LogP contribution >= 0.6 is 0 Å². The molecule has 1 aromatic carbocycles. The zero-order valence-electron chi connectivity index (χ0n) is 34.2. The van der Waals surface area contributed by atoms with Crippen LogP contribution in [0.2, 0.25) is 0 Å².